The van der Waals surface area contributed by atoms with E-state index in [1.807, 2.05) is 12.4 Å². The fraction of sp³-hybridized carbons (Fsp3) is 0.586. The molecular formula is C29H39FN8O. The number of rotatable bonds is 5. The van der Waals surface area contributed by atoms with Gasteiger partial charge in [-0.2, -0.15) is 4.98 Å². The third kappa shape index (κ3) is 4.78. The molecule has 39 heavy (non-hydrogen) atoms. The van der Waals surface area contributed by atoms with E-state index in [9.17, 15) is 9.50 Å². The molecule has 1 spiro atoms. The number of anilines is 4. The van der Waals surface area contributed by atoms with Crippen molar-refractivity contribution in [2.45, 2.75) is 69.7 Å². The summed E-state index contributed by atoms with van der Waals surface area (Å²) in [7, 11) is 2.20. The van der Waals surface area contributed by atoms with Crippen LogP contribution < -0.4 is 15.1 Å². The Hall–Kier alpha value is -3.11. The first-order valence-electron chi connectivity index (χ1n) is 14.1. The van der Waals surface area contributed by atoms with Crippen molar-refractivity contribution in [1.29, 1.82) is 0 Å². The van der Waals surface area contributed by atoms with Gasteiger partial charge in [0.1, 0.15) is 17.5 Å². The molecule has 3 fully saturated rings. The summed E-state index contributed by atoms with van der Waals surface area (Å²) >= 11 is 0. The van der Waals surface area contributed by atoms with Gasteiger partial charge >= 0.3 is 0 Å². The zero-order valence-electron chi connectivity index (χ0n) is 23.4. The molecule has 2 atom stereocenters. The van der Waals surface area contributed by atoms with Crippen molar-refractivity contribution < 1.29 is 9.50 Å². The third-order valence-corrected chi connectivity index (χ3v) is 9.00. The van der Waals surface area contributed by atoms with Gasteiger partial charge in [-0.3, -0.25) is 0 Å². The molecule has 3 aromatic heterocycles. The van der Waals surface area contributed by atoms with Crippen molar-refractivity contribution in [2.75, 3.05) is 54.9 Å². The van der Waals surface area contributed by atoms with E-state index in [0.717, 1.165) is 36.2 Å². The first-order chi connectivity index (χ1) is 18.6. The zero-order chi connectivity index (χ0) is 27.4. The minimum Gasteiger partial charge on any atom is -0.390 e. The normalized spacial score (nSPS) is 25.4. The monoisotopic (exact) mass is 534 g/mol. The number of aromatic nitrogens is 4. The SMILES string of the molecule is CC(C)c1cnc(N2CCC23CCN(C)CC3)c2cnc(Nc3ccnc(N4CC[C@@H](O)[C@@](C)(F)C4)n3)cc12. The number of aliphatic hydroxyl groups is 1. The highest BCUT2D eigenvalue weighted by Crippen LogP contribution is 2.45. The molecule has 0 bridgehead atoms. The van der Waals surface area contributed by atoms with E-state index in [4.69, 9.17) is 9.97 Å². The lowest BCUT2D eigenvalue weighted by molar-refractivity contribution is -0.00860. The molecule has 0 amide bonds. The second-order valence-electron chi connectivity index (χ2n) is 12.1. The highest BCUT2D eigenvalue weighted by molar-refractivity contribution is 5.96. The molecule has 0 radical (unpaired) electrons. The van der Waals surface area contributed by atoms with Crippen LogP contribution in [-0.2, 0) is 0 Å². The molecule has 10 heteroatoms. The maximum absolute atomic E-state index is 14.8. The number of fused-ring (bicyclic) bond motifs is 1. The molecule has 2 N–H and O–H groups in total. The van der Waals surface area contributed by atoms with Crippen molar-refractivity contribution in [3.05, 3.63) is 36.3 Å². The summed E-state index contributed by atoms with van der Waals surface area (Å²) in [5.41, 5.74) is -0.304. The molecule has 3 aliphatic heterocycles. The lowest BCUT2D eigenvalue weighted by atomic mass is 9.76. The van der Waals surface area contributed by atoms with Crippen LogP contribution in [0.2, 0.25) is 0 Å². The molecule has 208 valence electrons. The van der Waals surface area contributed by atoms with Crippen LogP contribution in [0.3, 0.4) is 0 Å². The molecule has 3 aliphatic rings. The van der Waals surface area contributed by atoms with E-state index in [-0.39, 0.29) is 12.1 Å². The second-order valence-corrected chi connectivity index (χ2v) is 12.1. The maximum Gasteiger partial charge on any atom is 0.227 e. The highest BCUT2D eigenvalue weighted by Gasteiger charge is 2.47. The Morgan fingerprint density at radius 3 is 2.49 bits per heavy atom. The predicted octanol–water partition coefficient (Wildman–Crippen LogP) is 4.26. The van der Waals surface area contributed by atoms with Gasteiger partial charge in [-0.15, -0.1) is 0 Å². The summed E-state index contributed by atoms with van der Waals surface area (Å²) in [5, 5.41) is 15.6. The Morgan fingerprint density at radius 2 is 1.79 bits per heavy atom. The molecule has 0 aliphatic carbocycles. The van der Waals surface area contributed by atoms with E-state index in [1.165, 1.54) is 31.7 Å². The summed E-state index contributed by atoms with van der Waals surface area (Å²) in [6, 6.07) is 3.88. The Bertz CT molecular complexity index is 1360. The molecule has 0 unspecified atom stereocenters. The molecular weight excluding hydrogens is 495 g/mol. The van der Waals surface area contributed by atoms with Gasteiger partial charge in [0, 0.05) is 55.7 Å². The Balaban J connectivity index is 1.29. The summed E-state index contributed by atoms with van der Waals surface area (Å²) in [4.78, 5) is 25.5. The zero-order valence-corrected chi connectivity index (χ0v) is 23.4. The molecule has 0 saturated carbocycles. The standard InChI is InChI=1S/C29H39FN8O/c1-19(2)21-16-33-26(38-14-9-29(38)7-12-36(4)13-8-29)22-17-32-25(15-20(21)22)34-24-5-10-31-27(35-24)37-11-6-23(39)28(3,30)18-37/h5,10,15-17,19,23,39H,6-9,11-14,18H2,1-4H3,(H,31,32,34,35)/t23-,28+/m1/s1. The summed E-state index contributed by atoms with van der Waals surface area (Å²) in [6.45, 7) is 9.63. The topological polar surface area (TPSA) is 93.5 Å². The average molecular weight is 535 g/mol. The smallest absolute Gasteiger partial charge is 0.227 e. The van der Waals surface area contributed by atoms with Crippen LogP contribution in [0.5, 0.6) is 0 Å². The Labute approximate surface area is 229 Å². The van der Waals surface area contributed by atoms with Crippen LogP contribution >= 0.6 is 0 Å². The number of alkyl halides is 1. The van der Waals surface area contributed by atoms with Crippen molar-refractivity contribution >= 4 is 34.2 Å². The third-order valence-electron chi connectivity index (χ3n) is 9.00. The van der Waals surface area contributed by atoms with Gasteiger partial charge in [0.05, 0.1) is 12.6 Å². The second kappa shape index (κ2) is 9.82. The molecule has 6 rings (SSSR count). The predicted molar refractivity (Wildman–Crippen MR) is 153 cm³/mol. The van der Waals surface area contributed by atoms with Gasteiger partial charge in [0.15, 0.2) is 5.67 Å². The van der Waals surface area contributed by atoms with E-state index in [2.05, 4.69) is 52.0 Å². The Kier molecular flexibility index (Phi) is 6.58. The maximum atomic E-state index is 14.8. The first-order valence-corrected chi connectivity index (χ1v) is 14.1. The van der Waals surface area contributed by atoms with Gasteiger partial charge in [-0.25, -0.2) is 19.3 Å². The summed E-state index contributed by atoms with van der Waals surface area (Å²) in [5.74, 6) is 3.07. The van der Waals surface area contributed by atoms with Crippen molar-refractivity contribution in [1.82, 2.24) is 24.8 Å². The summed E-state index contributed by atoms with van der Waals surface area (Å²) in [6.07, 6.45) is 8.55. The van der Waals surface area contributed by atoms with Crippen molar-refractivity contribution in [3.8, 4) is 0 Å². The number of halogens is 1. The number of hydrogen-bond acceptors (Lipinski definition) is 9. The van der Waals surface area contributed by atoms with E-state index >= 15 is 0 Å². The average Bonchev–Trinajstić information content (AvgIpc) is 2.90. The van der Waals surface area contributed by atoms with Crippen LogP contribution in [0, 0.1) is 0 Å². The van der Waals surface area contributed by atoms with Gasteiger partial charge in [-0.1, -0.05) is 13.8 Å². The molecule has 6 heterocycles. The summed E-state index contributed by atoms with van der Waals surface area (Å²) < 4.78 is 14.8. The minimum atomic E-state index is -1.70. The minimum absolute atomic E-state index is 0.0493. The van der Waals surface area contributed by atoms with Crippen LogP contribution in [0.1, 0.15) is 57.9 Å². The first kappa shape index (κ1) is 26.1. The fourth-order valence-corrected chi connectivity index (χ4v) is 6.32. The van der Waals surface area contributed by atoms with Gasteiger partial charge < -0.3 is 25.1 Å². The van der Waals surface area contributed by atoms with Crippen LogP contribution in [-0.4, -0.2) is 87.0 Å². The molecule has 3 saturated heterocycles. The number of likely N-dealkylation sites (tertiary alicyclic amines) is 1. The number of pyridine rings is 2. The van der Waals surface area contributed by atoms with Crippen molar-refractivity contribution in [3.63, 3.8) is 0 Å². The lowest BCUT2D eigenvalue weighted by Gasteiger charge is -2.57. The molecule has 9 nitrogen and oxygen atoms in total. The Morgan fingerprint density at radius 1 is 1.03 bits per heavy atom. The number of piperidine rings is 2. The van der Waals surface area contributed by atoms with Gasteiger partial charge in [0.2, 0.25) is 5.95 Å². The number of nitrogens with zero attached hydrogens (tertiary/aromatic N) is 7. The number of aliphatic hydroxyl groups excluding tert-OH is 1. The van der Waals surface area contributed by atoms with Crippen molar-refractivity contribution in [2.24, 2.45) is 0 Å². The van der Waals surface area contributed by atoms with E-state index in [1.54, 1.807) is 17.2 Å². The van der Waals surface area contributed by atoms with Crippen LogP contribution in [0.4, 0.5) is 27.8 Å². The van der Waals surface area contributed by atoms with Gasteiger partial charge in [0.25, 0.3) is 0 Å². The molecule has 3 aromatic rings. The van der Waals surface area contributed by atoms with Crippen LogP contribution in [0.15, 0.2) is 30.7 Å². The van der Waals surface area contributed by atoms with E-state index in [0.29, 0.717) is 36.5 Å². The highest BCUT2D eigenvalue weighted by atomic mass is 19.1. The van der Waals surface area contributed by atoms with E-state index < -0.39 is 11.8 Å². The quantitative estimate of drug-likeness (QED) is 0.498. The molecule has 0 aromatic carbocycles. The van der Waals surface area contributed by atoms with Gasteiger partial charge in [-0.05, 0) is 68.7 Å². The van der Waals surface area contributed by atoms with Crippen LogP contribution in [0.25, 0.3) is 10.8 Å². The number of hydrogen-bond donors (Lipinski definition) is 2. The fourth-order valence-electron chi connectivity index (χ4n) is 6.32. The lowest BCUT2D eigenvalue weighted by Crippen LogP contribution is -2.64. The number of nitrogens with one attached hydrogen (secondary N) is 1. The largest absolute Gasteiger partial charge is 0.390 e.